The van der Waals surface area contributed by atoms with Crippen molar-refractivity contribution in [1.29, 1.82) is 0 Å². The summed E-state index contributed by atoms with van der Waals surface area (Å²) in [5.41, 5.74) is 2.80. The molecule has 2 rings (SSSR count). The van der Waals surface area contributed by atoms with Crippen molar-refractivity contribution < 1.29 is 0 Å². The lowest BCUT2D eigenvalue weighted by Gasteiger charge is -2.22. The summed E-state index contributed by atoms with van der Waals surface area (Å²) in [5, 5.41) is 0. The Morgan fingerprint density at radius 3 is 2.72 bits per heavy atom. The average Bonchev–Trinajstić information content (AvgIpc) is 2.38. The molecule has 2 nitrogen and oxygen atoms in total. The molecule has 1 aromatic rings. The minimum atomic E-state index is 1.02. The van der Waals surface area contributed by atoms with E-state index in [9.17, 15) is 0 Å². The van der Waals surface area contributed by atoms with Gasteiger partial charge in [-0.2, -0.15) is 0 Å². The molecule has 0 saturated heterocycles. The number of benzene rings is 1. The first-order chi connectivity index (χ1) is 8.74. The van der Waals surface area contributed by atoms with Crippen molar-refractivity contribution in [3.8, 4) is 0 Å². The monoisotopic (exact) mass is 242 g/mol. The molecule has 96 valence electrons. The Kier molecular flexibility index (Phi) is 4.59. The molecule has 0 fully saturated rings. The lowest BCUT2D eigenvalue weighted by Crippen LogP contribution is -2.25. The Balaban J connectivity index is 1.79. The standard InChI is InChI=1S/C16H22N2/c1-17-11-6-9-16(13-17)14-18(2)12-10-15-7-4-3-5-8-15/h3-9,13H,10-12,14H2,1-2H3. The minimum absolute atomic E-state index is 1.02. The molecule has 0 amide bonds. The third kappa shape index (κ3) is 4.04. The summed E-state index contributed by atoms with van der Waals surface area (Å²) >= 11 is 0. The van der Waals surface area contributed by atoms with E-state index >= 15 is 0 Å². The van der Waals surface area contributed by atoms with Crippen LogP contribution >= 0.6 is 0 Å². The first kappa shape index (κ1) is 12.9. The Bertz CT molecular complexity index is 420. The fourth-order valence-electron chi connectivity index (χ4n) is 2.20. The van der Waals surface area contributed by atoms with Crippen molar-refractivity contribution in [2.75, 3.05) is 33.7 Å². The molecule has 2 heteroatoms. The highest BCUT2D eigenvalue weighted by Crippen LogP contribution is 2.08. The molecule has 0 aromatic heterocycles. The first-order valence-electron chi connectivity index (χ1n) is 6.54. The third-order valence-corrected chi connectivity index (χ3v) is 3.19. The van der Waals surface area contributed by atoms with Gasteiger partial charge in [0, 0.05) is 32.9 Å². The smallest absolute Gasteiger partial charge is 0.0354 e. The van der Waals surface area contributed by atoms with Crippen LogP contribution in [0.15, 0.2) is 54.3 Å². The highest BCUT2D eigenvalue weighted by atomic mass is 15.1. The van der Waals surface area contributed by atoms with E-state index in [-0.39, 0.29) is 0 Å². The number of likely N-dealkylation sites (N-methyl/N-ethyl adjacent to an activating group) is 2. The molecule has 1 heterocycles. The average molecular weight is 242 g/mol. The van der Waals surface area contributed by atoms with Crippen LogP contribution in [0.2, 0.25) is 0 Å². The van der Waals surface area contributed by atoms with Crippen LogP contribution in [0.3, 0.4) is 0 Å². The molecule has 0 aliphatic carbocycles. The number of hydrogen-bond acceptors (Lipinski definition) is 2. The van der Waals surface area contributed by atoms with E-state index in [1.54, 1.807) is 0 Å². The van der Waals surface area contributed by atoms with Gasteiger partial charge in [0.25, 0.3) is 0 Å². The molecular weight excluding hydrogens is 220 g/mol. The van der Waals surface area contributed by atoms with E-state index in [1.165, 1.54) is 11.1 Å². The first-order valence-corrected chi connectivity index (χ1v) is 6.54. The van der Waals surface area contributed by atoms with Gasteiger partial charge < -0.3 is 9.80 Å². The van der Waals surface area contributed by atoms with Gasteiger partial charge in [0.05, 0.1) is 0 Å². The van der Waals surface area contributed by atoms with Gasteiger partial charge in [-0.1, -0.05) is 42.5 Å². The van der Waals surface area contributed by atoms with E-state index in [0.717, 1.165) is 26.1 Å². The molecule has 1 aromatic carbocycles. The summed E-state index contributed by atoms with van der Waals surface area (Å²) in [4.78, 5) is 4.60. The summed E-state index contributed by atoms with van der Waals surface area (Å²) in [6.07, 6.45) is 7.81. The zero-order valence-corrected chi connectivity index (χ0v) is 11.3. The summed E-state index contributed by atoms with van der Waals surface area (Å²) in [6.45, 7) is 3.14. The second kappa shape index (κ2) is 6.41. The van der Waals surface area contributed by atoms with E-state index in [4.69, 9.17) is 0 Å². The van der Waals surface area contributed by atoms with E-state index in [0.29, 0.717) is 0 Å². The fourth-order valence-corrected chi connectivity index (χ4v) is 2.20. The molecule has 1 aliphatic rings. The molecule has 0 N–H and O–H groups in total. The second-order valence-corrected chi connectivity index (χ2v) is 5.02. The predicted molar refractivity (Wildman–Crippen MR) is 77.5 cm³/mol. The van der Waals surface area contributed by atoms with Gasteiger partial charge in [0.2, 0.25) is 0 Å². The van der Waals surface area contributed by atoms with Crippen LogP contribution in [0.5, 0.6) is 0 Å². The number of hydrogen-bond donors (Lipinski definition) is 0. The Morgan fingerprint density at radius 1 is 1.22 bits per heavy atom. The van der Waals surface area contributed by atoms with Gasteiger partial charge in [-0.25, -0.2) is 0 Å². The normalized spacial score (nSPS) is 15.1. The Morgan fingerprint density at radius 2 is 2.00 bits per heavy atom. The van der Waals surface area contributed by atoms with Crippen LogP contribution in [0.1, 0.15) is 5.56 Å². The summed E-state index contributed by atoms with van der Waals surface area (Å²) in [6, 6.07) is 10.7. The largest absolute Gasteiger partial charge is 0.376 e. The summed E-state index contributed by atoms with van der Waals surface area (Å²) < 4.78 is 0. The van der Waals surface area contributed by atoms with Crippen LogP contribution in [-0.4, -0.2) is 43.5 Å². The fraction of sp³-hybridized carbons (Fsp3) is 0.375. The molecule has 0 saturated carbocycles. The second-order valence-electron chi connectivity index (χ2n) is 5.02. The van der Waals surface area contributed by atoms with E-state index in [1.807, 2.05) is 0 Å². The van der Waals surface area contributed by atoms with Crippen molar-refractivity contribution in [1.82, 2.24) is 9.80 Å². The zero-order valence-electron chi connectivity index (χ0n) is 11.3. The third-order valence-electron chi connectivity index (χ3n) is 3.19. The number of rotatable bonds is 5. The van der Waals surface area contributed by atoms with Crippen LogP contribution in [-0.2, 0) is 6.42 Å². The lowest BCUT2D eigenvalue weighted by molar-refractivity contribution is 0.364. The molecule has 1 aliphatic heterocycles. The zero-order chi connectivity index (χ0) is 12.8. The van der Waals surface area contributed by atoms with Crippen LogP contribution in [0, 0.1) is 0 Å². The summed E-state index contributed by atoms with van der Waals surface area (Å²) in [5.74, 6) is 0. The van der Waals surface area contributed by atoms with Gasteiger partial charge in [0.15, 0.2) is 0 Å². The molecule has 0 radical (unpaired) electrons. The minimum Gasteiger partial charge on any atom is -0.376 e. The van der Waals surface area contributed by atoms with E-state index in [2.05, 4.69) is 72.6 Å². The van der Waals surface area contributed by atoms with Crippen LogP contribution in [0.4, 0.5) is 0 Å². The highest BCUT2D eigenvalue weighted by Gasteiger charge is 2.05. The molecule has 18 heavy (non-hydrogen) atoms. The van der Waals surface area contributed by atoms with E-state index < -0.39 is 0 Å². The van der Waals surface area contributed by atoms with Gasteiger partial charge in [-0.15, -0.1) is 0 Å². The lowest BCUT2D eigenvalue weighted by atomic mass is 10.1. The summed E-state index contributed by atoms with van der Waals surface area (Å²) in [7, 11) is 4.31. The van der Waals surface area contributed by atoms with Crippen molar-refractivity contribution in [3.05, 3.63) is 59.8 Å². The SMILES string of the molecule is CN1C=C(CN(C)CCc2ccccc2)C=CC1. The molecular formula is C16H22N2. The molecule has 0 unspecified atom stereocenters. The highest BCUT2D eigenvalue weighted by molar-refractivity contribution is 5.23. The Labute approximate surface area is 110 Å². The molecule has 0 spiro atoms. The van der Waals surface area contributed by atoms with Gasteiger partial charge in [0.1, 0.15) is 0 Å². The predicted octanol–water partition coefficient (Wildman–Crippen LogP) is 2.55. The van der Waals surface area contributed by atoms with Gasteiger partial charge in [-0.05, 0) is 24.6 Å². The van der Waals surface area contributed by atoms with Crippen molar-refractivity contribution in [3.63, 3.8) is 0 Å². The van der Waals surface area contributed by atoms with Gasteiger partial charge >= 0.3 is 0 Å². The molecule has 0 atom stereocenters. The quantitative estimate of drug-likeness (QED) is 0.783. The van der Waals surface area contributed by atoms with Crippen molar-refractivity contribution >= 4 is 0 Å². The van der Waals surface area contributed by atoms with Crippen molar-refractivity contribution in [2.45, 2.75) is 6.42 Å². The maximum absolute atomic E-state index is 2.38. The Hall–Kier alpha value is -1.54. The van der Waals surface area contributed by atoms with Crippen molar-refractivity contribution in [2.24, 2.45) is 0 Å². The van der Waals surface area contributed by atoms with Crippen LogP contribution < -0.4 is 0 Å². The maximum Gasteiger partial charge on any atom is 0.0354 e. The van der Waals surface area contributed by atoms with Crippen LogP contribution in [0.25, 0.3) is 0 Å². The van der Waals surface area contributed by atoms with Gasteiger partial charge in [-0.3, -0.25) is 0 Å². The topological polar surface area (TPSA) is 6.48 Å². The molecule has 0 bridgehead atoms. The number of nitrogens with zero attached hydrogens (tertiary/aromatic N) is 2. The maximum atomic E-state index is 2.38.